The lowest BCUT2D eigenvalue weighted by Gasteiger charge is -2.26. The molecule has 0 heterocycles. The first kappa shape index (κ1) is 16.7. The summed E-state index contributed by atoms with van der Waals surface area (Å²) in [5.41, 5.74) is 4.59. The average Bonchev–Trinajstić information content (AvgIpc) is 2.98. The molecule has 1 aromatic rings. The summed E-state index contributed by atoms with van der Waals surface area (Å²) in [6.07, 6.45) is 4.00. The second-order valence-electron chi connectivity index (χ2n) is 5.55. The van der Waals surface area contributed by atoms with Crippen molar-refractivity contribution in [2.75, 3.05) is 12.3 Å². The zero-order valence-electron chi connectivity index (χ0n) is 12.6. The van der Waals surface area contributed by atoms with Crippen LogP contribution in [0.4, 0.5) is 4.79 Å². The van der Waals surface area contributed by atoms with E-state index in [0.717, 1.165) is 25.0 Å². The quantitative estimate of drug-likeness (QED) is 0.532. The van der Waals surface area contributed by atoms with Crippen LogP contribution in [0, 0.1) is 0 Å². The van der Waals surface area contributed by atoms with Crippen LogP contribution in [0.2, 0.25) is 0 Å². The van der Waals surface area contributed by atoms with E-state index >= 15 is 0 Å². The van der Waals surface area contributed by atoms with E-state index in [1.165, 1.54) is 4.90 Å². The van der Waals surface area contributed by atoms with Gasteiger partial charge in [-0.1, -0.05) is 31.0 Å². The van der Waals surface area contributed by atoms with E-state index in [0.29, 0.717) is 19.4 Å². The third-order valence-electron chi connectivity index (χ3n) is 3.90. The van der Waals surface area contributed by atoms with Crippen LogP contribution in [0.1, 0.15) is 32.1 Å². The molecule has 0 unspecified atom stereocenters. The predicted molar refractivity (Wildman–Crippen MR) is 88.7 cm³/mol. The Hall–Kier alpha value is -1.69. The van der Waals surface area contributed by atoms with Crippen LogP contribution in [0.5, 0.6) is 0 Å². The van der Waals surface area contributed by atoms with Gasteiger partial charge in [0.2, 0.25) is 5.91 Å². The van der Waals surface area contributed by atoms with Crippen molar-refractivity contribution >= 4 is 23.7 Å². The highest BCUT2D eigenvalue weighted by atomic mass is 32.2. The molecule has 1 aliphatic rings. The number of benzene rings is 1. The Kier molecular flexibility index (Phi) is 6.12. The maximum Gasteiger partial charge on any atom is 0.315 e. The van der Waals surface area contributed by atoms with Gasteiger partial charge in [0, 0.05) is 11.4 Å². The Morgan fingerprint density at radius 3 is 2.50 bits per heavy atom. The molecule has 4 N–H and O–H groups in total. The molecule has 5 nitrogen and oxygen atoms in total. The number of hydrogen-bond acceptors (Lipinski definition) is 3. The van der Waals surface area contributed by atoms with Crippen molar-refractivity contribution in [3.05, 3.63) is 30.3 Å². The van der Waals surface area contributed by atoms with Gasteiger partial charge in [0.25, 0.3) is 0 Å². The van der Waals surface area contributed by atoms with Crippen molar-refractivity contribution in [3.8, 4) is 0 Å². The van der Waals surface area contributed by atoms with Crippen molar-refractivity contribution < 1.29 is 9.59 Å². The predicted octanol–water partition coefficient (Wildman–Crippen LogP) is 2.27. The third kappa shape index (κ3) is 4.66. The lowest BCUT2D eigenvalue weighted by molar-refractivity contribution is -0.123. The molecular formula is C16H23N3O2S. The molecule has 0 spiro atoms. The molecule has 0 atom stereocenters. The summed E-state index contributed by atoms with van der Waals surface area (Å²) in [6, 6.07) is 9.86. The van der Waals surface area contributed by atoms with Gasteiger partial charge in [-0.3, -0.25) is 4.79 Å². The molecule has 0 saturated heterocycles. The summed E-state index contributed by atoms with van der Waals surface area (Å²) in [5, 5.41) is 5.57. The molecule has 120 valence electrons. The van der Waals surface area contributed by atoms with Crippen molar-refractivity contribution in [3.63, 3.8) is 0 Å². The summed E-state index contributed by atoms with van der Waals surface area (Å²) in [6.45, 7) is 0.584. The topological polar surface area (TPSA) is 84.2 Å². The summed E-state index contributed by atoms with van der Waals surface area (Å²) in [4.78, 5) is 24.7. The number of thioether (sulfide) groups is 1. The van der Waals surface area contributed by atoms with E-state index < -0.39 is 11.4 Å². The molecule has 1 aromatic carbocycles. The van der Waals surface area contributed by atoms with Crippen LogP contribution >= 0.6 is 11.8 Å². The number of carbonyl (C=O) groups excluding carboxylic acids is 2. The average molecular weight is 321 g/mol. The van der Waals surface area contributed by atoms with Gasteiger partial charge in [-0.25, -0.2) is 4.79 Å². The fourth-order valence-electron chi connectivity index (χ4n) is 2.65. The minimum atomic E-state index is -0.844. The second kappa shape index (κ2) is 8.08. The van der Waals surface area contributed by atoms with E-state index in [-0.39, 0.29) is 6.03 Å². The maximum atomic E-state index is 11.9. The number of rotatable bonds is 7. The fourth-order valence-corrected chi connectivity index (χ4v) is 3.53. The standard InChI is InChI=1S/C16H23N3O2S/c17-14(20)16(9-4-5-10-16)19-15(21)18-11-6-12-22-13-7-2-1-3-8-13/h1-3,7-8H,4-6,9-12H2,(H2,17,20)(H2,18,19,21). The first-order chi connectivity index (χ1) is 10.6. The minimum Gasteiger partial charge on any atom is -0.368 e. The van der Waals surface area contributed by atoms with Crippen molar-refractivity contribution in [2.45, 2.75) is 42.5 Å². The fraction of sp³-hybridized carbons (Fsp3) is 0.500. The van der Waals surface area contributed by atoms with E-state index in [9.17, 15) is 9.59 Å². The van der Waals surface area contributed by atoms with Crippen LogP contribution in [0.3, 0.4) is 0 Å². The second-order valence-corrected chi connectivity index (χ2v) is 6.72. The van der Waals surface area contributed by atoms with Gasteiger partial charge in [0.1, 0.15) is 5.54 Å². The van der Waals surface area contributed by atoms with Gasteiger partial charge < -0.3 is 16.4 Å². The zero-order chi connectivity index (χ0) is 15.8. The molecular weight excluding hydrogens is 298 g/mol. The highest BCUT2D eigenvalue weighted by molar-refractivity contribution is 7.99. The molecule has 3 amide bonds. The smallest absolute Gasteiger partial charge is 0.315 e. The summed E-state index contributed by atoms with van der Waals surface area (Å²) in [7, 11) is 0. The van der Waals surface area contributed by atoms with Gasteiger partial charge in [-0.2, -0.15) is 0 Å². The van der Waals surface area contributed by atoms with Gasteiger partial charge in [0.05, 0.1) is 0 Å². The maximum absolute atomic E-state index is 11.9. The lowest BCUT2D eigenvalue weighted by Crippen LogP contribution is -2.58. The molecule has 1 aliphatic carbocycles. The lowest BCUT2D eigenvalue weighted by atomic mass is 9.97. The number of amides is 3. The molecule has 1 saturated carbocycles. The molecule has 0 aliphatic heterocycles. The first-order valence-electron chi connectivity index (χ1n) is 7.66. The molecule has 22 heavy (non-hydrogen) atoms. The molecule has 1 fully saturated rings. The molecule has 0 aromatic heterocycles. The number of hydrogen-bond donors (Lipinski definition) is 3. The van der Waals surface area contributed by atoms with E-state index in [4.69, 9.17) is 5.73 Å². The molecule has 2 rings (SSSR count). The monoisotopic (exact) mass is 321 g/mol. The highest BCUT2D eigenvalue weighted by Gasteiger charge is 2.40. The van der Waals surface area contributed by atoms with Crippen LogP contribution in [0.15, 0.2) is 35.2 Å². The zero-order valence-corrected chi connectivity index (χ0v) is 13.5. The van der Waals surface area contributed by atoms with Crippen LogP contribution in [0.25, 0.3) is 0 Å². The van der Waals surface area contributed by atoms with Crippen molar-refractivity contribution in [2.24, 2.45) is 5.73 Å². The normalized spacial score (nSPS) is 16.2. The number of urea groups is 1. The van der Waals surface area contributed by atoms with Gasteiger partial charge in [-0.15, -0.1) is 11.8 Å². The minimum absolute atomic E-state index is 0.301. The Bertz CT molecular complexity index is 501. The summed E-state index contributed by atoms with van der Waals surface area (Å²) in [5.74, 6) is 0.505. The molecule has 0 radical (unpaired) electrons. The first-order valence-corrected chi connectivity index (χ1v) is 8.65. The third-order valence-corrected chi connectivity index (χ3v) is 5.00. The van der Waals surface area contributed by atoms with Crippen LogP contribution in [-0.2, 0) is 4.79 Å². The van der Waals surface area contributed by atoms with E-state index in [1.54, 1.807) is 11.8 Å². The van der Waals surface area contributed by atoms with Gasteiger partial charge >= 0.3 is 6.03 Å². The van der Waals surface area contributed by atoms with Gasteiger partial charge in [-0.05, 0) is 37.1 Å². The van der Waals surface area contributed by atoms with E-state index in [2.05, 4.69) is 22.8 Å². The largest absolute Gasteiger partial charge is 0.368 e. The van der Waals surface area contributed by atoms with Crippen molar-refractivity contribution in [1.82, 2.24) is 10.6 Å². The van der Waals surface area contributed by atoms with Crippen molar-refractivity contribution in [1.29, 1.82) is 0 Å². The summed E-state index contributed by atoms with van der Waals surface area (Å²) >= 11 is 1.76. The Labute approximate surface area is 135 Å². The number of carbonyl (C=O) groups is 2. The Balaban J connectivity index is 1.64. The Morgan fingerprint density at radius 1 is 1.18 bits per heavy atom. The number of nitrogens with two attached hydrogens (primary N) is 1. The highest BCUT2D eigenvalue weighted by Crippen LogP contribution is 2.29. The van der Waals surface area contributed by atoms with Gasteiger partial charge in [0.15, 0.2) is 0 Å². The number of nitrogens with one attached hydrogen (secondary N) is 2. The SMILES string of the molecule is NC(=O)C1(NC(=O)NCCCSc2ccccc2)CCCC1. The summed E-state index contributed by atoms with van der Waals surface area (Å²) < 4.78 is 0. The Morgan fingerprint density at radius 2 is 1.86 bits per heavy atom. The van der Waals surface area contributed by atoms with Crippen LogP contribution in [-0.4, -0.2) is 29.8 Å². The van der Waals surface area contributed by atoms with Crippen LogP contribution < -0.4 is 16.4 Å². The molecule has 6 heteroatoms. The van der Waals surface area contributed by atoms with E-state index in [1.807, 2.05) is 18.2 Å². The number of primary amides is 1. The molecule has 0 bridgehead atoms.